The first kappa shape index (κ1) is 16.2. The van der Waals surface area contributed by atoms with Crippen molar-refractivity contribution in [3.05, 3.63) is 47.3 Å². The fourth-order valence-corrected chi connectivity index (χ4v) is 3.23. The lowest BCUT2D eigenvalue weighted by Crippen LogP contribution is -2.44. The number of carbonyl (C=O) groups excluding carboxylic acids is 2. The lowest BCUT2D eigenvalue weighted by Gasteiger charge is -2.31. The molecule has 3 rings (SSSR count). The van der Waals surface area contributed by atoms with Crippen LogP contribution >= 0.6 is 0 Å². The third-order valence-corrected chi connectivity index (χ3v) is 4.69. The van der Waals surface area contributed by atoms with Crippen molar-refractivity contribution in [2.45, 2.75) is 26.7 Å². The molecule has 2 amide bonds. The Bertz CT molecular complexity index is 781. The van der Waals surface area contributed by atoms with E-state index < -0.39 is 0 Å². The third-order valence-electron chi connectivity index (χ3n) is 4.69. The van der Waals surface area contributed by atoms with E-state index in [1.54, 1.807) is 15.8 Å². The molecule has 1 aliphatic rings. The molecule has 1 unspecified atom stereocenters. The Hall–Kier alpha value is -2.63. The normalized spacial score (nSPS) is 17.8. The molecule has 1 aliphatic heterocycles. The minimum absolute atomic E-state index is 0.0849. The minimum Gasteiger partial charge on any atom is -0.369 e. The molecule has 126 valence electrons. The van der Waals surface area contributed by atoms with E-state index in [-0.39, 0.29) is 17.7 Å². The van der Waals surface area contributed by atoms with Gasteiger partial charge in [0.1, 0.15) is 0 Å². The second-order valence-electron chi connectivity index (χ2n) is 6.33. The van der Waals surface area contributed by atoms with Crippen molar-refractivity contribution >= 4 is 11.8 Å². The van der Waals surface area contributed by atoms with Crippen molar-refractivity contribution in [2.24, 2.45) is 11.7 Å². The number of para-hydroxylation sites is 1. The molecular formula is C18H22N4O2. The predicted molar refractivity (Wildman–Crippen MR) is 90.9 cm³/mol. The smallest absolute Gasteiger partial charge is 0.257 e. The third kappa shape index (κ3) is 2.91. The molecule has 6 heteroatoms. The van der Waals surface area contributed by atoms with Gasteiger partial charge in [-0.1, -0.05) is 18.2 Å². The van der Waals surface area contributed by atoms with Gasteiger partial charge in [0.25, 0.3) is 5.91 Å². The molecule has 1 aromatic heterocycles. The highest BCUT2D eigenvalue weighted by molar-refractivity contribution is 5.95. The molecule has 1 aromatic carbocycles. The first-order valence-electron chi connectivity index (χ1n) is 8.18. The Morgan fingerprint density at radius 3 is 2.71 bits per heavy atom. The number of hydrogen-bond acceptors (Lipinski definition) is 3. The summed E-state index contributed by atoms with van der Waals surface area (Å²) in [6.45, 7) is 4.95. The van der Waals surface area contributed by atoms with Crippen molar-refractivity contribution in [2.75, 3.05) is 13.1 Å². The van der Waals surface area contributed by atoms with Gasteiger partial charge in [0.05, 0.1) is 29.1 Å². The fraction of sp³-hybridized carbons (Fsp3) is 0.389. The molecule has 0 bridgehead atoms. The lowest BCUT2D eigenvalue weighted by atomic mass is 9.97. The number of aryl methyl sites for hydroxylation is 1. The molecule has 1 fully saturated rings. The molecule has 6 nitrogen and oxygen atoms in total. The van der Waals surface area contributed by atoms with Crippen LogP contribution in [0.2, 0.25) is 0 Å². The molecule has 2 aromatic rings. The number of primary amides is 1. The summed E-state index contributed by atoms with van der Waals surface area (Å²) in [5.41, 5.74) is 8.83. The molecule has 0 saturated carbocycles. The SMILES string of the molecule is Cc1ccccc1-n1ncc(C(=O)N2CCCC(C(N)=O)C2)c1C. The molecule has 24 heavy (non-hydrogen) atoms. The van der Waals surface area contributed by atoms with Crippen LogP contribution < -0.4 is 5.73 Å². The van der Waals surface area contributed by atoms with Crippen LogP contribution in [0.4, 0.5) is 0 Å². The van der Waals surface area contributed by atoms with E-state index in [2.05, 4.69) is 5.10 Å². The van der Waals surface area contributed by atoms with Crippen LogP contribution in [-0.4, -0.2) is 39.6 Å². The van der Waals surface area contributed by atoms with Crippen LogP contribution in [0.5, 0.6) is 0 Å². The monoisotopic (exact) mass is 326 g/mol. The second kappa shape index (κ2) is 6.47. The van der Waals surface area contributed by atoms with Gasteiger partial charge in [-0.2, -0.15) is 5.10 Å². The summed E-state index contributed by atoms with van der Waals surface area (Å²) < 4.78 is 1.79. The van der Waals surface area contributed by atoms with E-state index in [1.807, 2.05) is 38.1 Å². The average Bonchev–Trinajstić information content (AvgIpc) is 2.96. The van der Waals surface area contributed by atoms with Gasteiger partial charge in [-0.25, -0.2) is 4.68 Å². The number of amides is 2. The zero-order chi connectivity index (χ0) is 17.3. The van der Waals surface area contributed by atoms with Crippen LogP contribution in [0, 0.1) is 19.8 Å². The van der Waals surface area contributed by atoms with E-state index in [4.69, 9.17) is 5.73 Å². The summed E-state index contributed by atoms with van der Waals surface area (Å²) in [5, 5.41) is 4.39. The fourth-order valence-electron chi connectivity index (χ4n) is 3.23. The number of benzene rings is 1. The highest BCUT2D eigenvalue weighted by Crippen LogP contribution is 2.22. The predicted octanol–water partition coefficient (Wildman–Crippen LogP) is 1.83. The summed E-state index contributed by atoms with van der Waals surface area (Å²) in [6.07, 6.45) is 3.16. The van der Waals surface area contributed by atoms with E-state index in [9.17, 15) is 9.59 Å². The second-order valence-corrected chi connectivity index (χ2v) is 6.33. The molecule has 2 N–H and O–H groups in total. The van der Waals surface area contributed by atoms with Crippen LogP contribution in [0.15, 0.2) is 30.5 Å². The first-order chi connectivity index (χ1) is 11.5. The van der Waals surface area contributed by atoms with Gasteiger partial charge in [0.2, 0.25) is 5.91 Å². The molecule has 1 saturated heterocycles. The Balaban J connectivity index is 1.87. The van der Waals surface area contributed by atoms with Crippen molar-refractivity contribution in [1.82, 2.24) is 14.7 Å². The number of nitrogens with zero attached hydrogens (tertiary/aromatic N) is 3. The quantitative estimate of drug-likeness (QED) is 0.934. The van der Waals surface area contributed by atoms with Gasteiger partial charge >= 0.3 is 0 Å². The lowest BCUT2D eigenvalue weighted by molar-refractivity contribution is -0.123. The van der Waals surface area contributed by atoms with E-state index in [0.29, 0.717) is 18.7 Å². The summed E-state index contributed by atoms with van der Waals surface area (Å²) in [7, 11) is 0. The number of likely N-dealkylation sites (tertiary alicyclic amines) is 1. The van der Waals surface area contributed by atoms with Crippen LogP contribution in [0.1, 0.15) is 34.5 Å². The van der Waals surface area contributed by atoms with Crippen molar-refractivity contribution in [3.63, 3.8) is 0 Å². The van der Waals surface area contributed by atoms with Gasteiger partial charge in [0.15, 0.2) is 0 Å². The average molecular weight is 326 g/mol. The van der Waals surface area contributed by atoms with Crippen molar-refractivity contribution in [3.8, 4) is 5.69 Å². The van der Waals surface area contributed by atoms with Crippen LogP contribution in [-0.2, 0) is 4.79 Å². The highest BCUT2D eigenvalue weighted by Gasteiger charge is 2.29. The maximum Gasteiger partial charge on any atom is 0.257 e. The number of aromatic nitrogens is 2. The molecule has 1 atom stereocenters. The van der Waals surface area contributed by atoms with Gasteiger partial charge in [-0.15, -0.1) is 0 Å². The summed E-state index contributed by atoms with van der Waals surface area (Å²) >= 11 is 0. The molecular weight excluding hydrogens is 304 g/mol. The number of nitrogens with two attached hydrogens (primary N) is 1. The van der Waals surface area contributed by atoms with Crippen molar-refractivity contribution in [1.29, 1.82) is 0 Å². The van der Waals surface area contributed by atoms with E-state index >= 15 is 0 Å². The number of hydrogen-bond donors (Lipinski definition) is 1. The van der Waals surface area contributed by atoms with E-state index in [1.165, 1.54) is 0 Å². The van der Waals surface area contributed by atoms with Gasteiger partial charge in [-0.05, 0) is 38.3 Å². The van der Waals surface area contributed by atoms with Gasteiger partial charge in [-0.3, -0.25) is 9.59 Å². The standard InChI is InChI=1S/C18H22N4O2/c1-12-6-3-4-8-16(12)22-13(2)15(10-20-22)18(24)21-9-5-7-14(11-21)17(19)23/h3-4,6,8,10,14H,5,7,9,11H2,1-2H3,(H2,19,23). The zero-order valence-corrected chi connectivity index (χ0v) is 14.0. The van der Waals surface area contributed by atoms with Gasteiger partial charge in [0, 0.05) is 13.1 Å². The highest BCUT2D eigenvalue weighted by atomic mass is 16.2. The zero-order valence-electron chi connectivity index (χ0n) is 14.0. The molecule has 0 aliphatic carbocycles. The molecule has 0 spiro atoms. The summed E-state index contributed by atoms with van der Waals surface area (Å²) in [6, 6.07) is 7.92. The minimum atomic E-state index is -0.333. The number of rotatable bonds is 3. The number of carbonyl (C=O) groups is 2. The Morgan fingerprint density at radius 2 is 2.00 bits per heavy atom. The number of piperidine rings is 1. The Kier molecular flexibility index (Phi) is 4.38. The Morgan fingerprint density at radius 1 is 1.25 bits per heavy atom. The molecule has 0 radical (unpaired) electrons. The largest absolute Gasteiger partial charge is 0.369 e. The maximum atomic E-state index is 12.8. The maximum absolute atomic E-state index is 12.8. The van der Waals surface area contributed by atoms with Gasteiger partial charge < -0.3 is 10.6 Å². The first-order valence-corrected chi connectivity index (χ1v) is 8.18. The molecule has 2 heterocycles. The summed E-state index contributed by atoms with van der Waals surface area (Å²) in [4.78, 5) is 26.0. The van der Waals surface area contributed by atoms with E-state index in [0.717, 1.165) is 29.8 Å². The Labute approximate surface area is 141 Å². The van der Waals surface area contributed by atoms with Crippen LogP contribution in [0.25, 0.3) is 5.69 Å². The topological polar surface area (TPSA) is 81.2 Å². The van der Waals surface area contributed by atoms with Crippen LogP contribution in [0.3, 0.4) is 0 Å². The van der Waals surface area contributed by atoms with Crippen molar-refractivity contribution < 1.29 is 9.59 Å². The summed E-state index contributed by atoms with van der Waals surface area (Å²) in [5.74, 6) is -0.674.